The average Bonchev–Trinajstić information content (AvgIpc) is 2.74. The maximum absolute atomic E-state index is 13.6. The molecule has 4 nitrogen and oxygen atoms in total. The summed E-state index contributed by atoms with van der Waals surface area (Å²) in [5.41, 5.74) is 0.300. The molecule has 1 fully saturated rings. The van der Waals surface area contributed by atoms with Crippen molar-refractivity contribution in [1.29, 1.82) is 0 Å². The zero-order valence-electron chi connectivity index (χ0n) is 9.20. The van der Waals surface area contributed by atoms with Gasteiger partial charge in [-0.1, -0.05) is 0 Å². The normalized spacial score (nSPS) is 19.4. The van der Waals surface area contributed by atoms with Gasteiger partial charge in [-0.15, -0.1) is 0 Å². The fourth-order valence-electron chi connectivity index (χ4n) is 1.95. The quantitative estimate of drug-likeness (QED) is 0.800. The van der Waals surface area contributed by atoms with E-state index >= 15 is 0 Å². The van der Waals surface area contributed by atoms with Crippen LogP contribution in [0.2, 0.25) is 0 Å². The predicted molar refractivity (Wildman–Crippen MR) is 58.8 cm³/mol. The van der Waals surface area contributed by atoms with E-state index in [2.05, 4.69) is 10.3 Å². The van der Waals surface area contributed by atoms with Crippen LogP contribution in [0.25, 0.3) is 0 Å². The summed E-state index contributed by atoms with van der Waals surface area (Å²) in [6.07, 6.45) is 1.38. The van der Waals surface area contributed by atoms with Crippen molar-refractivity contribution in [3.8, 4) is 0 Å². The number of alkyl halides is 1. The molecule has 1 aromatic rings. The molecule has 1 amide bonds. The molecule has 0 bridgehead atoms. The summed E-state index contributed by atoms with van der Waals surface area (Å²) in [4.78, 5) is 16.0. The van der Waals surface area contributed by atoms with Crippen molar-refractivity contribution in [2.24, 2.45) is 0 Å². The van der Waals surface area contributed by atoms with E-state index in [1.54, 1.807) is 4.90 Å². The number of pyridine rings is 1. The number of hydrogen-bond donors (Lipinski definition) is 1. The number of hydrogen-bond acceptors (Lipinski definition) is 3. The SMILES string of the molecule is O=CNCc1c(F)ccnc1N1CCC(F)C1. The monoisotopic (exact) mass is 241 g/mol. The Balaban J connectivity index is 2.25. The lowest BCUT2D eigenvalue weighted by Crippen LogP contribution is -2.25. The number of amides is 1. The van der Waals surface area contributed by atoms with Gasteiger partial charge in [0.25, 0.3) is 0 Å². The van der Waals surface area contributed by atoms with Gasteiger partial charge < -0.3 is 10.2 Å². The molecule has 92 valence electrons. The minimum Gasteiger partial charge on any atom is -0.354 e. The molecule has 0 aromatic carbocycles. The van der Waals surface area contributed by atoms with Crippen LogP contribution in [0.1, 0.15) is 12.0 Å². The average molecular weight is 241 g/mol. The predicted octanol–water partition coefficient (Wildman–Crippen LogP) is 1.01. The molecule has 1 aromatic heterocycles. The summed E-state index contributed by atoms with van der Waals surface area (Å²) in [5, 5.41) is 2.40. The second-order valence-corrected chi connectivity index (χ2v) is 3.93. The van der Waals surface area contributed by atoms with Crippen molar-refractivity contribution < 1.29 is 13.6 Å². The van der Waals surface area contributed by atoms with Gasteiger partial charge in [0.1, 0.15) is 17.8 Å². The Hall–Kier alpha value is -1.72. The first kappa shape index (κ1) is 11.8. The molecule has 0 spiro atoms. The Kier molecular flexibility index (Phi) is 3.51. The fraction of sp³-hybridized carbons (Fsp3) is 0.455. The minimum atomic E-state index is -0.896. The summed E-state index contributed by atoms with van der Waals surface area (Å²) in [6.45, 7) is 0.808. The highest BCUT2D eigenvalue weighted by molar-refractivity contribution is 5.52. The molecule has 2 rings (SSSR count). The molecule has 0 radical (unpaired) electrons. The lowest BCUT2D eigenvalue weighted by atomic mass is 10.2. The van der Waals surface area contributed by atoms with Crippen LogP contribution in [0.15, 0.2) is 12.3 Å². The first-order valence-electron chi connectivity index (χ1n) is 5.42. The third-order valence-electron chi connectivity index (χ3n) is 2.77. The molecule has 1 atom stereocenters. The molecule has 1 aliphatic rings. The van der Waals surface area contributed by atoms with E-state index in [0.29, 0.717) is 30.8 Å². The summed E-state index contributed by atoms with van der Waals surface area (Å²) >= 11 is 0. The Morgan fingerprint density at radius 2 is 2.47 bits per heavy atom. The lowest BCUT2D eigenvalue weighted by molar-refractivity contribution is -0.109. The van der Waals surface area contributed by atoms with Gasteiger partial charge in [0.15, 0.2) is 0 Å². The van der Waals surface area contributed by atoms with Crippen molar-refractivity contribution in [3.63, 3.8) is 0 Å². The Morgan fingerprint density at radius 3 is 3.12 bits per heavy atom. The van der Waals surface area contributed by atoms with Crippen LogP contribution in [0.3, 0.4) is 0 Å². The van der Waals surface area contributed by atoms with E-state index in [1.165, 1.54) is 12.3 Å². The molecule has 2 heterocycles. The van der Waals surface area contributed by atoms with Crippen LogP contribution in [-0.4, -0.2) is 30.7 Å². The van der Waals surface area contributed by atoms with E-state index in [4.69, 9.17) is 0 Å². The summed E-state index contributed by atoms with van der Waals surface area (Å²) in [7, 11) is 0. The van der Waals surface area contributed by atoms with Gasteiger partial charge in [-0.2, -0.15) is 0 Å². The number of anilines is 1. The van der Waals surface area contributed by atoms with Crippen LogP contribution in [0.4, 0.5) is 14.6 Å². The van der Waals surface area contributed by atoms with Gasteiger partial charge in [-0.3, -0.25) is 4.79 Å². The third kappa shape index (κ3) is 2.51. The van der Waals surface area contributed by atoms with Gasteiger partial charge in [-0.05, 0) is 12.5 Å². The number of nitrogens with zero attached hydrogens (tertiary/aromatic N) is 2. The lowest BCUT2D eigenvalue weighted by Gasteiger charge is -2.19. The van der Waals surface area contributed by atoms with Gasteiger partial charge in [0, 0.05) is 24.8 Å². The summed E-state index contributed by atoms with van der Waals surface area (Å²) < 4.78 is 26.7. The molecule has 1 saturated heterocycles. The first-order chi connectivity index (χ1) is 8.22. The molecule has 1 unspecified atom stereocenters. The second-order valence-electron chi connectivity index (χ2n) is 3.93. The summed E-state index contributed by atoms with van der Waals surface area (Å²) in [6, 6.07) is 1.23. The highest BCUT2D eigenvalue weighted by Crippen LogP contribution is 2.25. The number of halogens is 2. The van der Waals surface area contributed by atoms with E-state index in [1.807, 2.05) is 0 Å². The van der Waals surface area contributed by atoms with Crippen LogP contribution < -0.4 is 10.2 Å². The zero-order valence-corrected chi connectivity index (χ0v) is 9.20. The zero-order chi connectivity index (χ0) is 12.3. The standard InChI is InChI=1S/C11H13F2N3O/c12-8-2-4-16(6-8)11-9(5-14-7-17)10(13)1-3-15-11/h1,3,7-8H,2,4-6H2,(H,14,17). The molecule has 0 aliphatic carbocycles. The second kappa shape index (κ2) is 5.07. The topological polar surface area (TPSA) is 45.2 Å². The molecular weight excluding hydrogens is 228 g/mol. The van der Waals surface area contributed by atoms with Crippen molar-refractivity contribution in [2.75, 3.05) is 18.0 Å². The number of carbonyl (C=O) groups is 1. The van der Waals surface area contributed by atoms with Gasteiger partial charge in [0.2, 0.25) is 6.41 Å². The van der Waals surface area contributed by atoms with Crippen LogP contribution >= 0.6 is 0 Å². The van der Waals surface area contributed by atoms with Crippen molar-refractivity contribution in [3.05, 3.63) is 23.6 Å². The van der Waals surface area contributed by atoms with Gasteiger partial charge >= 0.3 is 0 Å². The van der Waals surface area contributed by atoms with Crippen LogP contribution in [0.5, 0.6) is 0 Å². The van der Waals surface area contributed by atoms with Crippen LogP contribution in [-0.2, 0) is 11.3 Å². The third-order valence-corrected chi connectivity index (χ3v) is 2.77. The van der Waals surface area contributed by atoms with Crippen molar-refractivity contribution in [2.45, 2.75) is 19.1 Å². The van der Waals surface area contributed by atoms with Crippen molar-refractivity contribution >= 4 is 12.2 Å². The number of aromatic nitrogens is 1. The fourth-order valence-corrected chi connectivity index (χ4v) is 1.95. The first-order valence-corrected chi connectivity index (χ1v) is 5.42. The highest BCUT2D eigenvalue weighted by atomic mass is 19.1. The van der Waals surface area contributed by atoms with Crippen LogP contribution in [0, 0.1) is 5.82 Å². The number of rotatable bonds is 4. The molecule has 0 saturated carbocycles. The Labute approximate surface area is 97.6 Å². The van der Waals surface area contributed by atoms with Gasteiger partial charge in [0.05, 0.1) is 6.54 Å². The summed E-state index contributed by atoms with van der Waals surface area (Å²) in [5.74, 6) is -0.0221. The molecule has 17 heavy (non-hydrogen) atoms. The molecule has 1 N–H and O–H groups in total. The van der Waals surface area contributed by atoms with Gasteiger partial charge in [-0.25, -0.2) is 13.8 Å². The highest BCUT2D eigenvalue weighted by Gasteiger charge is 2.25. The Morgan fingerprint density at radius 1 is 1.65 bits per heavy atom. The van der Waals surface area contributed by atoms with E-state index in [-0.39, 0.29) is 13.1 Å². The van der Waals surface area contributed by atoms with E-state index < -0.39 is 12.0 Å². The minimum absolute atomic E-state index is 0.0615. The van der Waals surface area contributed by atoms with E-state index in [0.717, 1.165) is 0 Å². The smallest absolute Gasteiger partial charge is 0.207 e. The molecule has 6 heteroatoms. The maximum Gasteiger partial charge on any atom is 0.207 e. The van der Waals surface area contributed by atoms with E-state index in [9.17, 15) is 13.6 Å². The van der Waals surface area contributed by atoms with Crippen molar-refractivity contribution in [1.82, 2.24) is 10.3 Å². The molecular formula is C11H13F2N3O. The Bertz CT molecular complexity index is 414. The number of nitrogens with one attached hydrogen (secondary N) is 1. The maximum atomic E-state index is 13.6. The molecule has 1 aliphatic heterocycles. The largest absolute Gasteiger partial charge is 0.354 e. The number of carbonyl (C=O) groups excluding carboxylic acids is 1.